The zero-order chi connectivity index (χ0) is 17.0. The average molecular weight is 317 g/mol. The Labute approximate surface area is 133 Å². The van der Waals surface area contributed by atoms with Crippen molar-refractivity contribution in [1.82, 2.24) is 15.2 Å². The molecule has 7 nitrogen and oxygen atoms in total. The molecule has 0 aliphatic heterocycles. The van der Waals surface area contributed by atoms with Gasteiger partial charge in [0.05, 0.1) is 11.1 Å². The first kappa shape index (κ1) is 16.5. The number of aromatic amines is 1. The predicted octanol–water partition coefficient (Wildman–Crippen LogP) is 1.22. The van der Waals surface area contributed by atoms with E-state index in [-0.39, 0.29) is 19.0 Å². The van der Waals surface area contributed by atoms with Crippen molar-refractivity contribution in [3.8, 4) is 0 Å². The number of nitrogens with one attached hydrogen (secondary N) is 2. The van der Waals surface area contributed by atoms with Gasteiger partial charge in [-0.05, 0) is 19.1 Å². The summed E-state index contributed by atoms with van der Waals surface area (Å²) in [4.78, 5) is 39.3. The molecular weight excluding hydrogens is 298 g/mol. The first-order valence-electron chi connectivity index (χ1n) is 7.26. The van der Waals surface area contributed by atoms with Gasteiger partial charge in [0.15, 0.2) is 0 Å². The molecule has 1 heterocycles. The minimum absolute atomic E-state index is 0.114. The number of fused-ring (bicyclic) bond motifs is 1. The van der Waals surface area contributed by atoms with Crippen molar-refractivity contribution in [2.45, 2.75) is 19.9 Å². The van der Waals surface area contributed by atoms with E-state index in [0.717, 1.165) is 5.39 Å². The number of carbonyl (C=O) groups excluding carboxylic acids is 2. The SMILES string of the molecule is CC(=O)NCCN(C(=O)c1cccc2cc[nH]c12)C(C)C(=O)O. The second kappa shape index (κ2) is 6.95. The smallest absolute Gasteiger partial charge is 0.326 e. The molecule has 0 saturated carbocycles. The van der Waals surface area contributed by atoms with Gasteiger partial charge in [-0.2, -0.15) is 0 Å². The van der Waals surface area contributed by atoms with Crippen LogP contribution in [0.1, 0.15) is 24.2 Å². The molecule has 0 aliphatic carbocycles. The lowest BCUT2D eigenvalue weighted by molar-refractivity contribution is -0.141. The fourth-order valence-corrected chi connectivity index (χ4v) is 2.37. The molecule has 1 aromatic carbocycles. The van der Waals surface area contributed by atoms with Crippen molar-refractivity contribution in [2.75, 3.05) is 13.1 Å². The minimum atomic E-state index is -1.10. The average Bonchev–Trinajstić information content (AvgIpc) is 2.98. The van der Waals surface area contributed by atoms with Crippen molar-refractivity contribution in [3.05, 3.63) is 36.0 Å². The number of carboxylic acids is 1. The molecule has 0 radical (unpaired) electrons. The Bertz CT molecular complexity index is 738. The lowest BCUT2D eigenvalue weighted by atomic mass is 10.1. The van der Waals surface area contributed by atoms with Crippen LogP contribution in [0.4, 0.5) is 0 Å². The van der Waals surface area contributed by atoms with E-state index >= 15 is 0 Å². The van der Waals surface area contributed by atoms with Gasteiger partial charge < -0.3 is 20.3 Å². The van der Waals surface area contributed by atoms with Crippen LogP contribution in [0.25, 0.3) is 10.9 Å². The molecular formula is C16H19N3O4. The summed E-state index contributed by atoms with van der Waals surface area (Å²) < 4.78 is 0. The summed E-state index contributed by atoms with van der Waals surface area (Å²) in [6.07, 6.45) is 1.73. The third kappa shape index (κ3) is 3.68. The van der Waals surface area contributed by atoms with Crippen LogP contribution >= 0.6 is 0 Å². The minimum Gasteiger partial charge on any atom is -0.480 e. The van der Waals surface area contributed by atoms with Gasteiger partial charge in [-0.25, -0.2) is 4.79 Å². The fourth-order valence-electron chi connectivity index (χ4n) is 2.37. The summed E-state index contributed by atoms with van der Waals surface area (Å²) in [7, 11) is 0. The molecule has 23 heavy (non-hydrogen) atoms. The first-order valence-corrected chi connectivity index (χ1v) is 7.26. The highest BCUT2D eigenvalue weighted by Crippen LogP contribution is 2.19. The lowest BCUT2D eigenvalue weighted by Gasteiger charge is -2.27. The van der Waals surface area contributed by atoms with Gasteiger partial charge in [0.2, 0.25) is 5.91 Å². The van der Waals surface area contributed by atoms with Crippen LogP contribution in [-0.4, -0.2) is 51.9 Å². The summed E-state index contributed by atoms with van der Waals surface area (Å²) in [5, 5.41) is 12.7. The number of hydrogen-bond acceptors (Lipinski definition) is 3. The number of carboxylic acid groups (broad SMARTS) is 1. The van der Waals surface area contributed by atoms with Crippen LogP contribution < -0.4 is 5.32 Å². The van der Waals surface area contributed by atoms with E-state index < -0.39 is 17.9 Å². The van der Waals surface area contributed by atoms with Crippen LogP contribution in [-0.2, 0) is 9.59 Å². The molecule has 0 fully saturated rings. The Hall–Kier alpha value is -2.83. The molecule has 2 rings (SSSR count). The van der Waals surface area contributed by atoms with Crippen LogP contribution in [0.3, 0.4) is 0 Å². The summed E-state index contributed by atoms with van der Waals surface area (Å²) >= 11 is 0. The number of benzene rings is 1. The number of rotatable bonds is 6. The second-order valence-electron chi connectivity index (χ2n) is 5.24. The van der Waals surface area contributed by atoms with Gasteiger partial charge in [-0.15, -0.1) is 0 Å². The van der Waals surface area contributed by atoms with Gasteiger partial charge in [0.25, 0.3) is 5.91 Å². The summed E-state index contributed by atoms with van der Waals surface area (Å²) in [5.74, 6) is -1.72. The largest absolute Gasteiger partial charge is 0.480 e. The normalized spacial score (nSPS) is 11.9. The first-order chi connectivity index (χ1) is 10.9. The van der Waals surface area contributed by atoms with E-state index in [0.29, 0.717) is 11.1 Å². The third-order valence-corrected chi connectivity index (χ3v) is 3.63. The summed E-state index contributed by atoms with van der Waals surface area (Å²) in [6, 6.07) is 6.11. The lowest BCUT2D eigenvalue weighted by Crippen LogP contribution is -2.46. The zero-order valence-corrected chi connectivity index (χ0v) is 13.0. The maximum absolute atomic E-state index is 12.8. The number of hydrogen-bond donors (Lipinski definition) is 3. The second-order valence-corrected chi connectivity index (χ2v) is 5.24. The van der Waals surface area contributed by atoms with Crippen molar-refractivity contribution in [3.63, 3.8) is 0 Å². The van der Waals surface area contributed by atoms with Gasteiger partial charge in [0.1, 0.15) is 6.04 Å². The standard InChI is InChI=1S/C16H19N3O4/c1-10(16(22)23)19(9-8-17-11(2)20)15(21)13-5-3-4-12-6-7-18-14(12)13/h3-7,10,18H,8-9H2,1-2H3,(H,17,20)(H,22,23). The van der Waals surface area contributed by atoms with E-state index in [2.05, 4.69) is 10.3 Å². The van der Waals surface area contributed by atoms with Gasteiger partial charge in [-0.3, -0.25) is 9.59 Å². The quantitative estimate of drug-likeness (QED) is 0.745. The third-order valence-electron chi connectivity index (χ3n) is 3.63. The van der Waals surface area contributed by atoms with Crippen molar-refractivity contribution in [2.24, 2.45) is 0 Å². The highest BCUT2D eigenvalue weighted by molar-refractivity contribution is 6.06. The van der Waals surface area contributed by atoms with Crippen molar-refractivity contribution < 1.29 is 19.5 Å². The van der Waals surface area contributed by atoms with E-state index in [9.17, 15) is 19.5 Å². The molecule has 122 valence electrons. The van der Waals surface area contributed by atoms with Crippen molar-refractivity contribution in [1.29, 1.82) is 0 Å². The van der Waals surface area contributed by atoms with Crippen molar-refractivity contribution >= 4 is 28.7 Å². The Morgan fingerprint density at radius 3 is 2.70 bits per heavy atom. The maximum Gasteiger partial charge on any atom is 0.326 e. The molecule has 0 aliphatic rings. The Balaban J connectivity index is 2.30. The number of amides is 2. The molecule has 3 N–H and O–H groups in total. The van der Waals surface area contributed by atoms with E-state index in [4.69, 9.17) is 0 Å². The van der Waals surface area contributed by atoms with Crippen LogP contribution in [0, 0.1) is 0 Å². The van der Waals surface area contributed by atoms with E-state index in [1.165, 1.54) is 18.7 Å². The number of nitrogens with zero attached hydrogens (tertiary/aromatic N) is 1. The summed E-state index contributed by atoms with van der Waals surface area (Å²) in [6.45, 7) is 3.12. The summed E-state index contributed by atoms with van der Waals surface area (Å²) in [5.41, 5.74) is 1.07. The number of aliphatic carboxylic acids is 1. The number of aromatic nitrogens is 1. The topological polar surface area (TPSA) is 103 Å². The fraction of sp³-hybridized carbons (Fsp3) is 0.312. The monoisotopic (exact) mass is 317 g/mol. The highest BCUT2D eigenvalue weighted by Gasteiger charge is 2.27. The molecule has 0 bridgehead atoms. The molecule has 2 amide bonds. The maximum atomic E-state index is 12.8. The van der Waals surface area contributed by atoms with Crippen LogP contribution in [0.2, 0.25) is 0 Å². The van der Waals surface area contributed by atoms with Gasteiger partial charge >= 0.3 is 5.97 Å². The number of carbonyl (C=O) groups is 3. The molecule has 1 aromatic heterocycles. The Kier molecular flexibility index (Phi) is 5.00. The Morgan fingerprint density at radius 2 is 2.04 bits per heavy atom. The highest BCUT2D eigenvalue weighted by atomic mass is 16.4. The molecule has 0 spiro atoms. The van der Waals surface area contributed by atoms with Gasteiger partial charge in [-0.1, -0.05) is 12.1 Å². The van der Waals surface area contributed by atoms with E-state index in [1.807, 2.05) is 12.1 Å². The van der Waals surface area contributed by atoms with Crippen LogP contribution in [0.15, 0.2) is 30.5 Å². The zero-order valence-electron chi connectivity index (χ0n) is 13.0. The molecule has 1 unspecified atom stereocenters. The molecule has 0 saturated heterocycles. The number of H-pyrrole nitrogens is 1. The molecule has 1 atom stereocenters. The molecule has 2 aromatic rings. The number of para-hydroxylation sites is 1. The molecule has 7 heteroatoms. The van der Waals surface area contributed by atoms with E-state index in [1.54, 1.807) is 18.3 Å². The van der Waals surface area contributed by atoms with Gasteiger partial charge in [0, 0.05) is 31.6 Å². The predicted molar refractivity (Wildman–Crippen MR) is 85.1 cm³/mol. The van der Waals surface area contributed by atoms with Crippen LogP contribution in [0.5, 0.6) is 0 Å². The Morgan fingerprint density at radius 1 is 1.30 bits per heavy atom.